The van der Waals surface area contributed by atoms with Gasteiger partial charge in [-0.25, -0.2) is 17.1 Å². The fourth-order valence-corrected chi connectivity index (χ4v) is 3.71. The van der Waals surface area contributed by atoms with Crippen molar-refractivity contribution in [2.75, 3.05) is 33.1 Å². The molecule has 1 fully saturated rings. The van der Waals surface area contributed by atoms with Crippen LogP contribution >= 0.6 is 11.6 Å². The lowest BCUT2D eigenvalue weighted by Gasteiger charge is -2.21. The van der Waals surface area contributed by atoms with Gasteiger partial charge in [0, 0.05) is 20.0 Å². The first kappa shape index (κ1) is 18.1. The fraction of sp³-hybridized carbons (Fsp3) is 0.500. The van der Waals surface area contributed by atoms with Crippen LogP contribution in [0.3, 0.4) is 0 Å². The molecule has 0 aromatic heterocycles. The van der Waals surface area contributed by atoms with Crippen molar-refractivity contribution < 1.29 is 22.3 Å². The molecule has 1 N–H and O–H groups in total. The molecule has 1 saturated heterocycles. The van der Waals surface area contributed by atoms with Crippen molar-refractivity contribution in [1.82, 2.24) is 9.62 Å². The number of rotatable bonds is 5. The molecule has 2 atom stereocenters. The van der Waals surface area contributed by atoms with Gasteiger partial charge in [-0.05, 0) is 12.1 Å². The summed E-state index contributed by atoms with van der Waals surface area (Å²) in [4.78, 5) is 12.2. The molecule has 23 heavy (non-hydrogen) atoms. The zero-order valence-electron chi connectivity index (χ0n) is 12.8. The Bertz CT molecular complexity index is 676. The summed E-state index contributed by atoms with van der Waals surface area (Å²) in [5.41, 5.74) is -0.254. The number of amides is 1. The summed E-state index contributed by atoms with van der Waals surface area (Å²) in [6, 6.07) is 3.44. The van der Waals surface area contributed by atoms with Crippen LogP contribution in [0.5, 0.6) is 0 Å². The monoisotopic (exact) mass is 364 g/mol. The third kappa shape index (κ3) is 4.20. The maximum absolute atomic E-state index is 13.8. The minimum atomic E-state index is -3.43. The van der Waals surface area contributed by atoms with Crippen LogP contribution in [0.1, 0.15) is 10.4 Å². The minimum Gasteiger partial charge on any atom is -0.379 e. The molecule has 0 aliphatic carbocycles. The zero-order chi connectivity index (χ0) is 17.2. The van der Waals surface area contributed by atoms with Gasteiger partial charge in [-0.2, -0.15) is 0 Å². The summed E-state index contributed by atoms with van der Waals surface area (Å²) in [5.74, 6) is -1.98. The van der Waals surface area contributed by atoms with E-state index in [-0.39, 0.29) is 29.6 Å². The SMILES string of the molecule is CN(C)S(=O)(=O)C[C@@H]1COC[C@H]1NC(=O)c1c(F)cccc1Cl. The molecule has 1 aromatic carbocycles. The number of carbonyl (C=O) groups is 1. The van der Waals surface area contributed by atoms with E-state index in [1.54, 1.807) is 0 Å². The van der Waals surface area contributed by atoms with Gasteiger partial charge in [0.25, 0.3) is 5.91 Å². The number of halogens is 2. The molecular weight excluding hydrogens is 347 g/mol. The van der Waals surface area contributed by atoms with Crippen LogP contribution in [0.25, 0.3) is 0 Å². The molecule has 1 amide bonds. The Kier molecular flexibility index (Phi) is 5.61. The van der Waals surface area contributed by atoms with E-state index in [0.29, 0.717) is 0 Å². The van der Waals surface area contributed by atoms with Crippen molar-refractivity contribution in [1.29, 1.82) is 0 Å². The number of nitrogens with one attached hydrogen (secondary N) is 1. The normalized spacial score (nSPS) is 21.6. The van der Waals surface area contributed by atoms with Crippen LogP contribution in [0.2, 0.25) is 5.02 Å². The average molecular weight is 365 g/mol. The highest BCUT2D eigenvalue weighted by Crippen LogP contribution is 2.21. The van der Waals surface area contributed by atoms with Gasteiger partial charge in [-0.3, -0.25) is 4.79 Å². The molecule has 0 saturated carbocycles. The van der Waals surface area contributed by atoms with E-state index >= 15 is 0 Å². The van der Waals surface area contributed by atoms with Crippen molar-refractivity contribution in [2.24, 2.45) is 5.92 Å². The molecule has 0 unspecified atom stereocenters. The van der Waals surface area contributed by atoms with Gasteiger partial charge in [-0.15, -0.1) is 0 Å². The molecule has 1 aliphatic heterocycles. The Hall–Kier alpha value is -1.22. The molecule has 128 valence electrons. The predicted octanol–water partition coefficient (Wildman–Crippen LogP) is 1.12. The average Bonchev–Trinajstić information content (AvgIpc) is 2.84. The maximum atomic E-state index is 13.8. The molecule has 0 bridgehead atoms. The Morgan fingerprint density at radius 3 is 2.74 bits per heavy atom. The molecule has 1 aromatic rings. The van der Waals surface area contributed by atoms with Crippen LogP contribution in [-0.2, 0) is 14.8 Å². The van der Waals surface area contributed by atoms with Gasteiger partial charge in [-0.1, -0.05) is 17.7 Å². The third-order valence-corrected chi connectivity index (χ3v) is 5.96. The van der Waals surface area contributed by atoms with Gasteiger partial charge < -0.3 is 10.1 Å². The minimum absolute atomic E-state index is 0.00104. The number of sulfonamides is 1. The summed E-state index contributed by atoms with van der Waals surface area (Å²) in [7, 11) is -0.545. The largest absolute Gasteiger partial charge is 0.379 e. The summed E-state index contributed by atoms with van der Waals surface area (Å²) in [6.45, 7) is 0.383. The smallest absolute Gasteiger partial charge is 0.256 e. The molecule has 1 aliphatic rings. The van der Waals surface area contributed by atoms with E-state index in [2.05, 4.69) is 5.32 Å². The maximum Gasteiger partial charge on any atom is 0.256 e. The lowest BCUT2D eigenvalue weighted by atomic mass is 10.1. The van der Waals surface area contributed by atoms with Crippen molar-refractivity contribution in [2.45, 2.75) is 6.04 Å². The molecular formula is C14H18ClFN2O4S. The first-order valence-electron chi connectivity index (χ1n) is 6.95. The second-order valence-electron chi connectivity index (χ2n) is 5.54. The Morgan fingerprint density at radius 2 is 2.13 bits per heavy atom. The lowest BCUT2D eigenvalue weighted by Crippen LogP contribution is -2.43. The van der Waals surface area contributed by atoms with Gasteiger partial charge in [0.1, 0.15) is 5.82 Å². The van der Waals surface area contributed by atoms with E-state index in [4.69, 9.17) is 16.3 Å². The first-order chi connectivity index (χ1) is 10.7. The van der Waals surface area contributed by atoms with Gasteiger partial charge >= 0.3 is 0 Å². The predicted molar refractivity (Wildman–Crippen MR) is 84.4 cm³/mol. The van der Waals surface area contributed by atoms with Crippen LogP contribution in [0.15, 0.2) is 18.2 Å². The van der Waals surface area contributed by atoms with Crippen LogP contribution in [0.4, 0.5) is 4.39 Å². The first-order valence-corrected chi connectivity index (χ1v) is 8.94. The second-order valence-corrected chi connectivity index (χ2v) is 8.17. The fourth-order valence-electron chi connectivity index (χ4n) is 2.30. The molecule has 1 heterocycles. The van der Waals surface area contributed by atoms with Gasteiger partial charge in [0.05, 0.1) is 35.6 Å². The lowest BCUT2D eigenvalue weighted by molar-refractivity contribution is 0.0922. The topological polar surface area (TPSA) is 75.7 Å². The zero-order valence-corrected chi connectivity index (χ0v) is 14.3. The quantitative estimate of drug-likeness (QED) is 0.849. The number of hydrogen-bond acceptors (Lipinski definition) is 4. The van der Waals surface area contributed by atoms with E-state index < -0.39 is 33.7 Å². The van der Waals surface area contributed by atoms with Gasteiger partial charge in [0.15, 0.2) is 0 Å². The Morgan fingerprint density at radius 1 is 1.43 bits per heavy atom. The van der Waals surface area contributed by atoms with Gasteiger partial charge in [0.2, 0.25) is 10.0 Å². The molecule has 2 rings (SSSR count). The second kappa shape index (κ2) is 7.12. The van der Waals surface area contributed by atoms with Crippen LogP contribution < -0.4 is 5.32 Å². The van der Waals surface area contributed by atoms with E-state index in [1.165, 1.54) is 26.2 Å². The van der Waals surface area contributed by atoms with E-state index in [1.807, 2.05) is 0 Å². The molecule has 9 heteroatoms. The van der Waals surface area contributed by atoms with Crippen molar-refractivity contribution in [3.05, 3.63) is 34.6 Å². The number of carbonyl (C=O) groups excluding carboxylic acids is 1. The molecule has 6 nitrogen and oxygen atoms in total. The number of nitrogens with zero attached hydrogens (tertiary/aromatic N) is 1. The summed E-state index contributed by atoms with van der Waals surface area (Å²) in [5, 5.41) is 2.62. The number of hydrogen-bond donors (Lipinski definition) is 1. The van der Waals surface area contributed by atoms with Crippen molar-refractivity contribution in [3.8, 4) is 0 Å². The Labute approximate surface area is 139 Å². The van der Waals surface area contributed by atoms with Crippen LogP contribution in [0, 0.1) is 11.7 Å². The molecule has 0 spiro atoms. The molecule has 0 radical (unpaired) electrons. The standard InChI is InChI=1S/C14H18ClFN2O4S/c1-18(2)23(20,21)8-9-6-22-7-12(9)17-14(19)13-10(15)4-3-5-11(13)16/h3-5,9,12H,6-8H2,1-2H3,(H,17,19)/t9-,12+/m0/s1. The highest BCUT2D eigenvalue weighted by atomic mass is 35.5. The Balaban J connectivity index is 2.11. The highest BCUT2D eigenvalue weighted by Gasteiger charge is 2.34. The number of benzene rings is 1. The third-order valence-electron chi connectivity index (χ3n) is 3.69. The number of ether oxygens (including phenoxy) is 1. The van der Waals surface area contributed by atoms with Crippen LogP contribution in [-0.4, -0.2) is 57.7 Å². The summed E-state index contributed by atoms with van der Waals surface area (Å²) >= 11 is 5.86. The van der Waals surface area contributed by atoms with E-state index in [0.717, 1.165) is 10.4 Å². The van der Waals surface area contributed by atoms with Crippen molar-refractivity contribution in [3.63, 3.8) is 0 Å². The van der Waals surface area contributed by atoms with Crippen molar-refractivity contribution >= 4 is 27.5 Å². The summed E-state index contributed by atoms with van der Waals surface area (Å²) in [6.07, 6.45) is 0. The summed E-state index contributed by atoms with van der Waals surface area (Å²) < 4.78 is 44.1. The van der Waals surface area contributed by atoms with E-state index in [9.17, 15) is 17.6 Å². The highest BCUT2D eigenvalue weighted by molar-refractivity contribution is 7.89.